The van der Waals surface area contributed by atoms with Crippen LogP contribution >= 0.6 is 15.9 Å². The summed E-state index contributed by atoms with van der Waals surface area (Å²) in [5, 5.41) is 10.1. The van der Waals surface area contributed by atoms with Gasteiger partial charge in [-0.2, -0.15) is 0 Å². The van der Waals surface area contributed by atoms with Crippen LogP contribution in [0.25, 0.3) is 11.0 Å². The standard InChI is InChI=1S/C17H20BrFN4O5/c18-9-5-23(15-11(9)14(20)21-7-22-15)16-12(19)13(10(6-24)27-16)28-17(25)26-8-3-1-2-4-8/h5,7-8,10,12-13,16,24H,1-4,6H2,(H2,20,21,22)/t10-,12?,13+,16-/m1/s1. The summed E-state index contributed by atoms with van der Waals surface area (Å²) in [5.41, 5.74) is 6.23. The van der Waals surface area contributed by atoms with Crippen LogP contribution < -0.4 is 5.73 Å². The molecule has 1 saturated carbocycles. The van der Waals surface area contributed by atoms with Gasteiger partial charge in [0.2, 0.25) is 0 Å². The molecule has 0 spiro atoms. The zero-order chi connectivity index (χ0) is 19.8. The van der Waals surface area contributed by atoms with Crippen LogP contribution in [0.2, 0.25) is 0 Å². The van der Waals surface area contributed by atoms with Gasteiger partial charge in [0.1, 0.15) is 30.0 Å². The highest BCUT2D eigenvalue weighted by Crippen LogP contribution is 2.39. The Kier molecular flexibility index (Phi) is 5.39. The number of aromatic nitrogens is 3. The Bertz CT molecular complexity index is 875. The van der Waals surface area contributed by atoms with Gasteiger partial charge >= 0.3 is 6.16 Å². The fourth-order valence-electron chi connectivity index (χ4n) is 3.74. The molecule has 2 aromatic rings. The van der Waals surface area contributed by atoms with Crippen LogP contribution in [0.15, 0.2) is 17.0 Å². The number of hydrogen-bond acceptors (Lipinski definition) is 8. The lowest BCUT2D eigenvalue weighted by molar-refractivity contribution is -0.0600. The van der Waals surface area contributed by atoms with E-state index in [1.54, 1.807) is 6.20 Å². The van der Waals surface area contributed by atoms with E-state index in [9.17, 15) is 9.90 Å². The van der Waals surface area contributed by atoms with Gasteiger partial charge in [-0.15, -0.1) is 0 Å². The minimum absolute atomic E-state index is 0.208. The summed E-state index contributed by atoms with van der Waals surface area (Å²) in [4.78, 5) is 20.1. The lowest BCUT2D eigenvalue weighted by Crippen LogP contribution is -2.36. The van der Waals surface area contributed by atoms with Crippen LogP contribution in [0.3, 0.4) is 0 Å². The number of aliphatic hydroxyl groups is 1. The molecule has 0 amide bonds. The second-order valence-corrected chi connectivity index (χ2v) is 7.75. The van der Waals surface area contributed by atoms with Gasteiger partial charge in [0.05, 0.1) is 12.0 Å². The van der Waals surface area contributed by atoms with E-state index in [1.807, 2.05) is 0 Å². The summed E-state index contributed by atoms with van der Waals surface area (Å²) >= 11 is 3.36. The first-order valence-corrected chi connectivity index (χ1v) is 9.83. The number of hydrogen-bond donors (Lipinski definition) is 2. The van der Waals surface area contributed by atoms with Crippen molar-refractivity contribution in [3.05, 3.63) is 17.0 Å². The highest BCUT2D eigenvalue weighted by Gasteiger charge is 2.49. The van der Waals surface area contributed by atoms with Crippen LogP contribution in [0, 0.1) is 0 Å². The van der Waals surface area contributed by atoms with Crippen molar-refractivity contribution in [3.63, 3.8) is 0 Å². The summed E-state index contributed by atoms with van der Waals surface area (Å²) < 4.78 is 33.3. The van der Waals surface area contributed by atoms with E-state index in [2.05, 4.69) is 25.9 Å². The lowest BCUT2D eigenvalue weighted by Gasteiger charge is -2.19. The molecule has 1 saturated heterocycles. The fourth-order valence-corrected chi connectivity index (χ4v) is 4.34. The lowest BCUT2D eigenvalue weighted by atomic mass is 10.1. The highest BCUT2D eigenvalue weighted by atomic mass is 79.9. The first-order valence-electron chi connectivity index (χ1n) is 9.03. The predicted molar refractivity (Wildman–Crippen MR) is 99.1 cm³/mol. The molecule has 152 valence electrons. The normalized spacial score (nSPS) is 28.1. The zero-order valence-corrected chi connectivity index (χ0v) is 16.4. The van der Waals surface area contributed by atoms with Gasteiger partial charge in [-0.3, -0.25) is 0 Å². The molecular formula is C17H20BrFN4O5. The number of aliphatic hydroxyl groups excluding tert-OH is 1. The monoisotopic (exact) mass is 458 g/mol. The SMILES string of the molecule is Nc1ncnc2c1c(Br)cn2[C@@H]1O[C@H](CO)[C@H](OC(=O)OC2CCCC2)C1F. The molecule has 9 nitrogen and oxygen atoms in total. The fraction of sp³-hybridized carbons (Fsp3) is 0.588. The number of fused-ring (bicyclic) bond motifs is 1. The van der Waals surface area contributed by atoms with E-state index in [1.165, 1.54) is 10.9 Å². The van der Waals surface area contributed by atoms with Crippen molar-refractivity contribution in [1.29, 1.82) is 0 Å². The number of anilines is 1. The molecule has 0 radical (unpaired) electrons. The van der Waals surface area contributed by atoms with Crippen molar-refractivity contribution < 1.29 is 28.5 Å². The molecular weight excluding hydrogens is 439 g/mol. The number of rotatable bonds is 4. The highest BCUT2D eigenvalue weighted by molar-refractivity contribution is 9.10. The van der Waals surface area contributed by atoms with Gasteiger partial charge in [-0.25, -0.2) is 19.2 Å². The van der Waals surface area contributed by atoms with Gasteiger partial charge < -0.3 is 29.6 Å². The van der Waals surface area contributed by atoms with Crippen LogP contribution in [-0.2, 0) is 14.2 Å². The Morgan fingerprint density at radius 3 is 2.86 bits per heavy atom. The topological polar surface area (TPSA) is 122 Å². The van der Waals surface area contributed by atoms with E-state index in [0.717, 1.165) is 25.7 Å². The molecule has 0 aromatic carbocycles. The Hall–Kier alpha value is -1.98. The number of halogens is 2. The average Bonchev–Trinajstić information content (AvgIpc) is 3.36. The molecule has 1 unspecified atom stereocenters. The largest absolute Gasteiger partial charge is 0.509 e. The molecule has 1 aliphatic carbocycles. The van der Waals surface area contributed by atoms with E-state index in [4.69, 9.17) is 19.9 Å². The Morgan fingerprint density at radius 2 is 2.14 bits per heavy atom. The van der Waals surface area contributed by atoms with Crippen molar-refractivity contribution in [2.45, 2.75) is 56.4 Å². The molecule has 2 aliphatic rings. The molecule has 4 atom stereocenters. The number of nitrogen functional groups attached to an aromatic ring is 1. The minimum atomic E-state index is -1.74. The quantitative estimate of drug-likeness (QED) is 0.669. The second kappa shape index (κ2) is 7.80. The summed E-state index contributed by atoms with van der Waals surface area (Å²) in [6.45, 7) is -0.518. The van der Waals surface area contributed by atoms with Gasteiger partial charge in [-0.1, -0.05) is 0 Å². The summed E-state index contributed by atoms with van der Waals surface area (Å²) in [7, 11) is 0. The van der Waals surface area contributed by atoms with E-state index < -0.39 is 37.4 Å². The molecule has 0 bridgehead atoms. The minimum Gasteiger partial charge on any atom is -0.431 e. The molecule has 2 fully saturated rings. The van der Waals surface area contributed by atoms with Crippen molar-refractivity contribution in [2.75, 3.05) is 12.3 Å². The first kappa shape index (κ1) is 19.3. The maximum atomic E-state index is 15.2. The van der Waals surface area contributed by atoms with Crippen LogP contribution in [0.1, 0.15) is 31.9 Å². The Labute approximate surface area is 168 Å². The second-order valence-electron chi connectivity index (χ2n) is 6.89. The van der Waals surface area contributed by atoms with Crippen LogP contribution in [0.5, 0.6) is 0 Å². The molecule has 11 heteroatoms. The molecule has 3 N–H and O–H groups in total. The van der Waals surface area contributed by atoms with E-state index >= 15 is 4.39 Å². The Balaban J connectivity index is 1.55. The molecule has 28 heavy (non-hydrogen) atoms. The molecule has 1 aliphatic heterocycles. The van der Waals surface area contributed by atoms with E-state index in [0.29, 0.717) is 15.5 Å². The Morgan fingerprint density at radius 1 is 1.39 bits per heavy atom. The third-order valence-corrected chi connectivity index (χ3v) is 5.71. The number of ether oxygens (including phenoxy) is 3. The van der Waals surface area contributed by atoms with Gasteiger partial charge in [-0.05, 0) is 41.6 Å². The van der Waals surface area contributed by atoms with Crippen molar-refractivity contribution >= 4 is 38.9 Å². The first-order chi connectivity index (χ1) is 13.5. The number of alkyl halides is 1. The summed E-state index contributed by atoms with van der Waals surface area (Å²) in [5.74, 6) is 0.232. The molecule has 2 aromatic heterocycles. The van der Waals surface area contributed by atoms with Crippen molar-refractivity contribution in [2.24, 2.45) is 0 Å². The van der Waals surface area contributed by atoms with Gasteiger partial charge in [0, 0.05) is 10.7 Å². The number of carbonyl (C=O) groups is 1. The third kappa shape index (κ3) is 3.42. The van der Waals surface area contributed by atoms with E-state index in [-0.39, 0.29) is 11.9 Å². The van der Waals surface area contributed by atoms with Crippen molar-refractivity contribution in [1.82, 2.24) is 14.5 Å². The summed E-state index contributed by atoms with van der Waals surface area (Å²) in [6, 6.07) is 0. The van der Waals surface area contributed by atoms with Crippen molar-refractivity contribution in [3.8, 4) is 0 Å². The smallest absolute Gasteiger partial charge is 0.431 e. The summed E-state index contributed by atoms with van der Waals surface area (Å²) in [6.07, 6.45) is -0.0662. The van der Waals surface area contributed by atoms with Gasteiger partial charge in [0.15, 0.2) is 18.5 Å². The van der Waals surface area contributed by atoms with Crippen LogP contribution in [-0.4, -0.2) is 56.9 Å². The molecule has 3 heterocycles. The van der Waals surface area contributed by atoms with Gasteiger partial charge in [0.25, 0.3) is 0 Å². The zero-order valence-electron chi connectivity index (χ0n) is 14.8. The van der Waals surface area contributed by atoms with Crippen LogP contribution in [0.4, 0.5) is 15.0 Å². The molecule has 4 rings (SSSR count). The third-order valence-electron chi connectivity index (χ3n) is 5.11. The number of nitrogens with two attached hydrogens (primary N) is 1. The average molecular weight is 459 g/mol. The maximum absolute atomic E-state index is 15.2. The number of nitrogens with zero attached hydrogens (tertiary/aromatic N) is 3. The predicted octanol–water partition coefficient (Wildman–Crippen LogP) is 2.47. The maximum Gasteiger partial charge on any atom is 0.509 e. The number of carbonyl (C=O) groups excluding carboxylic acids is 1.